The molecule has 7 nitrogen and oxygen atoms in total. The third-order valence-corrected chi connectivity index (χ3v) is 6.83. The summed E-state index contributed by atoms with van der Waals surface area (Å²) in [7, 11) is 0. The van der Waals surface area contributed by atoms with E-state index in [0.29, 0.717) is 11.6 Å². The van der Waals surface area contributed by atoms with E-state index in [-0.39, 0.29) is 0 Å². The quantitative estimate of drug-likeness (QED) is 0.486. The maximum absolute atomic E-state index is 5.59. The second-order valence-corrected chi connectivity index (χ2v) is 9.13. The number of piperidine rings is 1. The van der Waals surface area contributed by atoms with Crippen LogP contribution in [0.2, 0.25) is 0 Å². The van der Waals surface area contributed by atoms with Gasteiger partial charge in [-0.25, -0.2) is 9.97 Å². The average Bonchev–Trinajstić information content (AvgIpc) is 3.50. The highest BCUT2D eigenvalue weighted by Crippen LogP contribution is 2.27. The van der Waals surface area contributed by atoms with Crippen molar-refractivity contribution in [3.8, 4) is 11.6 Å². The van der Waals surface area contributed by atoms with E-state index in [1.165, 1.54) is 24.0 Å². The Morgan fingerprint density at radius 2 is 1.88 bits per heavy atom. The molecular formula is C25H28N6O. The van der Waals surface area contributed by atoms with Gasteiger partial charge in [-0.1, -0.05) is 31.2 Å². The largest absolute Gasteiger partial charge is 0.461 e. The third kappa shape index (κ3) is 3.56. The van der Waals surface area contributed by atoms with Gasteiger partial charge in [0.05, 0.1) is 6.26 Å². The fraction of sp³-hybridized carbons (Fsp3) is 0.400. The Balaban J connectivity index is 1.36. The molecule has 0 amide bonds. The monoisotopic (exact) mass is 428 g/mol. The number of nitrogens with zero attached hydrogens (tertiary/aromatic N) is 6. The van der Waals surface area contributed by atoms with Crippen molar-refractivity contribution in [3.05, 3.63) is 65.5 Å². The van der Waals surface area contributed by atoms with Crippen LogP contribution >= 0.6 is 0 Å². The van der Waals surface area contributed by atoms with Crippen molar-refractivity contribution in [1.29, 1.82) is 0 Å². The molecular weight excluding hydrogens is 400 g/mol. The summed E-state index contributed by atoms with van der Waals surface area (Å²) in [5, 5.41) is 4.83. The summed E-state index contributed by atoms with van der Waals surface area (Å²) < 4.78 is 7.53. The Kier molecular flexibility index (Phi) is 4.91. The van der Waals surface area contributed by atoms with Gasteiger partial charge in [-0.2, -0.15) is 4.52 Å². The number of furan rings is 1. The zero-order valence-corrected chi connectivity index (χ0v) is 18.4. The van der Waals surface area contributed by atoms with Crippen molar-refractivity contribution < 1.29 is 4.42 Å². The van der Waals surface area contributed by atoms with E-state index in [1.54, 1.807) is 6.26 Å². The molecule has 1 aromatic carbocycles. The molecule has 7 heteroatoms. The van der Waals surface area contributed by atoms with Crippen LogP contribution in [-0.2, 0) is 19.5 Å². The number of rotatable bonds is 4. The van der Waals surface area contributed by atoms with Gasteiger partial charge in [0.2, 0.25) is 11.8 Å². The molecule has 0 spiro atoms. The lowest BCUT2D eigenvalue weighted by atomic mass is 9.99. The minimum absolute atomic E-state index is 0.611. The van der Waals surface area contributed by atoms with Crippen molar-refractivity contribution >= 4 is 11.6 Å². The van der Waals surface area contributed by atoms with Crippen LogP contribution in [0.1, 0.15) is 36.5 Å². The molecule has 0 atom stereocenters. The summed E-state index contributed by atoms with van der Waals surface area (Å²) in [6.45, 7) is 7.12. The lowest BCUT2D eigenvalue weighted by Gasteiger charge is -2.31. The van der Waals surface area contributed by atoms with Gasteiger partial charge in [0.15, 0.2) is 11.4 Å². The predicted octanol–water partition coefficient (Wildman–Crippen LogP) is 4.18. The van der Waals surface area contributed by atoms with Gasteiger partial charge in [0.25, 0.3) is 0 Å². The van der Waals surface area contributed by atoms with E-state index in [9.17, 15) is 0 Å². The molecule has 6 rings (SSSR count). The van der Waals surface area contributed by atoms with Crippen molar-refractivity contribution in [2.75, 3.05) is 24.5 Å². The van der Waals surface area contributed by atoms with E-state index in [0.717, 1.165) is 62.2 Å². The normalized spacial score (nSPS) is 17.7. The lowest BCUT2D eigenvalue weighted by Crippen LogP contribution is -2.35. The van der Waals surface area contributed by atoms with Crippen LogP contribution in [0.25, 0.3) is 17.2 Å². The zero-order chi connectivity index (χ0) is 21.5. The zero-order valence-electron chi connectivity index (χ0n) is 18.4. The predicted molar refractivity (Wildman–Crippen MR) is 123 cm³/mol. The standard InChI is InChI=1S/C25H28N6O/c1-18-8-12-30(13-9-18)25-26-15-21(17-29-11-10-19-5-2-3-6-20(19)16-29)24-27-23(28-31(24)25)22-7-4-14-32-22/h2-7,14-15,18H,8-13,16-17H2,1H3. The van der Waals surface area contributed by atoms with E-state index in [2.05, 4.69) is 41.0 Å². The maximum atomic E-state index is 5.59. The molecule has 1 saturated heterocycles. The number of anilines is 1. The summed E-state index contributed by atoms with van der Waals surface area (Å²) in [6, 6.07) is 12.5. The smallest absolute Gasteiger partial charge is 0.228 e. The molecule has 4 aromatic rings. The average molecular weight is 429 g/mol. The van der Waals surface area contributed by atoms with E-state index in [4.69, 9.17) is 19.5 Å². The van der Waals surface area contributed by atoms with Crippen LogP contribution < -0.4 is 4.90 Å². The first-order valence-corrected chi connectivity index (χ1v) is 11.6. The highest BCUT2D eigenvalue weighted by atomic mass is 16.3. The third-order valence-electron chi connectivity index (χ3n) is 6.83. The highest BCUT2D eigenvalue weighted by Gasteiger charge is 2.24. The van der Waals surface area contributed by atoms with Crippen molar-refractivity contribution in [3.63, 3.8) is 0 Å². The lowest BCUT2D eigenvalue weighted by molar-refractivity contribution is 0.245. The Hall–Kier alpha value is -3.19. The summed E-state index contributed by atoms with van der Waals surface area (Å²) >= 11 is 0. The van der Waals surface area contributed by atoms with Gasteiger partial charge in [0.1, 0.15) is 0 Å². The Bertz CT molecular complexity index is 1220. The first-order chi connectivity index (χ1) is 15.7. The van der Waals surface area contributed by atoms with Gasteiger partial charge in [0, 0.05) is 44.5 Å². The number of hydrogen-bond donors (Lipinski definition) is 0. The molecule has 0 radical (unpaired) electrons. The fourth-order valence-electron chi connectivity index (χ4n) is 4.88. The second-order valence-electron chi connectivity index (χ2n) is 9.13. The Morgan fingerprint density at radius 3 is 2.69 bits per heavy atom. The highest BCUT2D eigenvalue weighted by molar-refractivity contribution is 5.58. The number of benzene rings is 1. The minimum Gasteiger partial charge on any atom is -0.461 e. The van der Waals surface area contributed by atoms with E-state index < -0.39 is 0 Å². The SMILES string of the molecule is CC1CCN(c2ncc(CN3CCc4ccccc4C3)c3nc(-c4ccco4)nn23)CC1. The summed E-state index contributed by atoms with van der Waals surface area (Å²) in [5.41, 5.74) is 4.85. The molecule has 0 saturated carbocycles. The van der Waals surface area contributed by atoms with Gasteiger partial charge < -0.3 is 9.32 Å². The second kappa shape index (κ2) is 8.06. The topological polar surface area (TPSA) is 62.7 Å². The molecule has 0 bridgehead atoms. The van der Waals surface area contributed by atoms with Crippen LogP contribution in [0.5, 0.6) is 0 Å². The molecule has 2 aliphatic rings. The molecule has 2 aliphatic heterocycles. The van der Waals surface area contributed by atoms with Gasteiger partial charge >= 0.3 is 0 Å². The molecule has 0 unspecified atom stereocenters. The fourth-order valence-corrected chi connectivity index (χ4v) is 4.88. The molecule has 5 heterocycles. The number of aromatic nitrogens is 4. The maximum Gasteiger partial charge on any atom is 0.228 e. The van der Waals surface area contributed by atoms with Gasteiger partial charge in [-0.15, -0.1) is 5.10 Å². The van der Waals surface area contributed by atoms with Gasteiger partial charge in [-0.05, 0) is 48.4 Å². The van der Waals surface area contributed by atoms with Crippen molar-refractivity contribution in [2.24, 2.45) is 5.92 Å². The van der Waals surface area contributed by atoms with Crippen LogP contribution in [0.15, 0.2) is 53.3 Å². The van der Waals surface area contributed by atoms with E-state index in [1.807, 2.05) is 22.8 Å². The summed E-state index contributed by atoms with van der Waals surface area (Å²) in [5.74, 6) is 2.94. The molecule has 164 valence electrons. The van der Waals surface area contributed by atoms with Crippen LogP contribution in [0, 0.1) is 5.92 Å². The minimum atomic E-state index is 0.611. The first-order valence-electron chi connectivity index (χ1n) is 11.6. The Labute approximate surface area is 187 Å². The van der Waals surface area contributed by atoms with Crippen molar-refractivity contribution in [1.82, 2.24) is 24.5 Å². The molecule has 0 N–H and O–H groups in total. The van der Waals surface area contributed by atoms with Crippen LogP contribution in [0.3, 0.4) is 0 Å². The first kappa shape index (κ1) is 19.5. The van der Waals surface area contributed by atoms with Crippen LogP contribution in [0.4, 0.5) is 5.95 Å². The molecule has 0 aliphatic carbocycles. The molecule has 1 fully saturated rings. The summed E-state index contributed by atoms with van der Waals surface area (Å²) in [4.78, 5) is 14.6. The van der Waals surface area contributed by atoms with Gasteiger partial charge in [-0.3, -0.25) is 4.90 Å². The molecule has 32 heavy (non-hydrogen) atoms. The number of hydrogen-bond acceptors (Lipinski definition) is 6. The van der Waals surface area contributed by atoms with Crippen molar-refractivity contribution in [2.45, 2.75) is 39.3 Å². The Morgan fingerprint density at radius 1 is 1.03 bits per heavy atom. The summed E-state index contributed by atoms with van der Waals surface area (Å²) in [6.07, 6.45) is 7.10. The van der Waals surface area contributed by atoms with E-state index >= 15 is 0 Å². The molecule has 3 aromatic heterocycles. The van der Waals surface area contributed by atoms with Crippen LogP contribution in [-0.4, -0.2) is 44.1 Å². The number of fused-ring (bicyclic) bond motifs is 2.